The van der Waals surface area contributed by atoms with Gasteiger partial charge in [0.05, 0.1) is 0 Å². The Morgan fingerprint density at radius 2 is 1.72 bits per heavy atom. The van der Waals surface area contributed by atoms with E-state index in [1.807, 2.05) is 20.8 Å². The summed E-state index contributed by atoms with van der Waals surface area (Å²) in [5.41, 5.74) is -0.285. The van der Waals surface area contributed by atoms with Crippen molar-refractivity contribution in [1.29, 1.82) is 0 Å². The van der Waals surface area contributed by atoms with E-state index in [0.29, 0.717) is 12.2 Å². The summed E-state index contributed by atoms with van der Waals surface area (Å²) in [6.45, 7) is 6.63. The van der Waals surface area contributed by atoms with E-state index >= 15 is 0 Å². The lowest BCUT2D eigenvalue weighted by atomic mass is 9.92. The second-order valence-corrected chi connectivity index (χ2v) is 7.05. The first-order valence-electron chi connectivity index (χ1n) is 6.26. The first kappa shape index (κ1) is 17.7. The third-order valence-corrected chi connectivity index (χ3v) is 4.32. The molecule has 2 nitrogen and oxygen atoms in total. The molecule has 0 radical (unpaired) electrons. The Morgan fingerprint density at radius 1 is 1.17 bits per heavy atom. The number of alkyl halides is 2. The molecule has 108 valence electrons. The molecule has 1 N–H and O–H groups in total. The Balaban J connectivity index is 3.79. The highest BCUT2D eigenvalue weighted by molar-refractivity contribution is 8.00. The monoisotopic (exact) mass is 282 g/mol. The highest BCUT2D eigenvalue weighted by atomic mass is 32.2. The molecule has 0 amide bonds. The minimum Gasteiger partial charge on any atom is -0.480 e. The average molecular weight is 282 g/mol. The summed E-state index contributed by atoms with van der Waals surface area (Å²) >= 11 is 1.41. The van der Waals surface area contributed by atoms with Crippen LogP contribution in [0.3, 0.4) is 0 Å². The summed E-state index contributed by atoms with van der Waals surface area (Å²) in [5, 5.41) is 8.66. The lowest BCUT2D eigenvalue weighted by Crippen LogP contribution is -2.31. The molecular formula is C13H24F2O2S. The molecule has 0 saturated heterocycles. The van der Waals surface area contributed by atoms with Crippen LogP contribution < -0.4 is 0 Å². The highest BCUT2D eigenvalue weighted by Crippen LogP contribution is 2.31. The zero-order chi connectivity index (χ0) is 14.4. The molecule has 1 atom stereocenters. The topological polar surface area (TPSA) is 37.3 Å². The van der Waals surface area contributed by atoms with Gasteiger partial charge in [-0.3, -0.25) is 4.79 Å². The molecule has 0 aliphatic rings. The van der Waals surface area contributed by atoms with Crippen LogP contribution in [0.5, 0.6) is 0 Å². The SMILES string of the molecule is CC(F)(F)CCCCCSC(C(=O)O)C(C)(C)C. The fourth-order valence-corrected chi connectivity index (χ4v) is 2.86. The maximum Gasteiger partial charge on any atom is 0.317 e. The van der Waals surface area contributed by atoms with Crippen molar-refractivity contribution < 1.29 is 18.7 Å². The fraction of sp³-hybridized carbons (Fsp3) is 0.923. The number of carbonyl (C=O) groups is 1. The number of thioether (sulfide) groups is 1. The van der Waals surface area contributed by atoms with E-state index in [2.05, 4.69) is 0 Å². The maximum atomic E-state index is 12.5. The van der Waals surface area contributed by atoms with Crippen molar-refractivity contribution in [2.45, 2.75) is 64.6 Å². The van der Waals surface area contributed by atoms with E-state index in [4.69, 9.17) is 5.11 Å². The van der Waals surface area contributed by atoms with Crippen LogP contribution in [0.2, 0.25) is 0 Å². The van der Waals surface area contributed by atoms with E-state index in [1.54, 1.807) is 0 Å². The van der Waals surface area contributed by atoms with Gasteiger partial charge in [0, 0.05) is 6.42 Å². The van der Waals surface area contributed by atoms with Crippen LogP contribution in [0.15, 0.2) is 0 Å². The molecule has 0 aliphatic carbocycles. The number of unbranched alkanes of at least 4 members (excludes halogenated alkanes) is 2. The van der Waals surface area contributed by atoms with Crippen LogP contribution in [-0.4, -0.2) is 28.0 Å². The maximum absolute atomic E-state index is 12.5. The largest absolute Gasteiger partial charge is 0.480 e. The van der Waals surface area contributed by atoms with Crippen LogP contribution in [0, 0.1) is 5.41 Å². The molecule has 0 rings (SSSR count). The number of carboxylic acid groups (broad SMARTS) is 1. The Morgan fingerprint density at radius 3 is 2.11 bits per heavy atom. The van der Waals surface area contributed by atoms with Crippen molar-refractivity contribution in [1.82, 2.24) is 0 Å². The molecule has 0 saturated carbocycles. The van der Waals surface area contributed by atoms with Gasteiger partial charge in [-0.15, -0.1) is 11.8 Å². The quantitative estimate of drug-likeness (QED) is 0.669. The molecule has 1 unspecified atom stereocenters. The standard InChI is InChI=1S/C13H24F2O2S/c1-12(2,3)10(11(16)17)18-9-7-5-6-8-13(4,14)15/h10H,5-9H2,1-4H3,(H,16,17). The number of rotatable bonds is 8. The van der Waals surface area contributed by atoms with Gasteiger partial charge in [0.25, 0.3) is 0 Å². The van der Waals surface area contributed by atoms with E-state index < -0.39 is 17.1 Å². The summed E-state index contributed by atoms with van der Waals surface area (Å²) in [7, 11) is 0. The van der Waals surface area contributed by atoms with E-state index in [0.717, 1.165) is 19.8 Å². The van der Waals surface area contributed by atoms with E-state index in [9.17, 15) is 13.6 Å². The molecule has 0 heterocycles. The molecule has 0 aromatic heterocycles. The third-order valence-electron chi connectivity index (χ3n) is 2.56. The van der Waals surface area contributed by atoms with Gasteiger partial charge in [0.15, 0.2) is 0 Å². The summed E-state index contributed by atoms with van der Waals surface area (Å²) in [6.07, 6.45) is 1.93. The smallest absolute Gasteiger partial charge is 0.317 e. The lowest BCUT2D eigenvalue weighted by Gasteiger charge is -2.26. The third kappa shape index (κ3) is 8.72. The molecule has 0 bridgehead atoms. The molecule has 0 fully saturated rings. The van der Waals surface area contributed by atoms with Crippen LogP contribution in [0.25, 0.3) is 0 Å². The van der Waals surface area contributed by atoms with Gasteiger partial charge in [0.2, 0.25) is 5.92 Å². The van der Waals surface area contributed by atoms with Crippen LogP contribution in [-0.2, 0) is 4.79 Å². The predicted molar refractivity (Wildman–Crippen MR) is 72.4 cm³/mol. The molecule has 0 spiro atoms. The summed E-state index contributed by atoms with van der Waals surface area (Å²) < 4.78 is 25.1. The van der Waals surface area contributed by atoms with Gasteiger partial charge in [-0.25, -0.2) is 8.78 Å². The number of carboxylic acids is 1. The van der Waals surface area contributed by atoms with Crippen molar-refractivity contribution in [2.24, 2.45) is 5.41 Å². The second kappa shape index (κ2) is 7.31. The number of hydrogen-bond donors (Lipinski definition) is 1. The number of halogens is 2. The second-order valence-electron chi connectivity index (χ2n) is 5.84. The average Bonchev–Trinajstić information content (AvgIpc) is 2.11. The Kier molecular flexibility index (Phi) is 7.18. The Labute approximate surface area is 113 Å². The van der Waals surface area contributed by atoms with Crippen molar-refractivity contribution >= 4 is 17.7 Å². The molecular weight excluding hydrogens is 258 g/mol. The minimum atomic E-state index is -2.58. The van der Waals surface area contributed by atoms with E-state index in [-0.39, 0.29) is 11.8 Å². The lowest BCUT2D eigenvalue weighted by molar-refractivity contribution is -0.138. The van der Waals surface area contributed by atoms with Crippen molar-refractivity contribution in [2.75, 3.05) is 5.75 Å². The van der Waals surface area contributed by atoms with Gasteiger partial charge >= 0.3 is 5.97 Å². The molecule has 0 aromatic rings. The number of hydrogen-bond acceptors (Lipinski definition) is 2. The van der Waals surface area contributed by atoms with Crippen molar-refractivity contribution in [3.8, 4) is 0 Å². The van der Waals surface area contributed by atoms with Crippen molar-refractivity contribution in [3.63, 3.8) is 0 Å². The van der Waals surface area contributed by atoms with Gasteiger partial charge in [-0.05, 0) is 30.9 Å². The molecule has 18 heavy (non-hydrogen) atoms. The first-order chi connectivity index (χ1) is 8.04. The Hall–Kier alpha value is -0.320. The van der Waals surface area contributed by atoms with Gasteiger partial charge < -0.3 is 5.11 Å². The van der Waals surface area contributed by atoms with Gasteiger partial charge in [-0.1, -0.05) is 27.2 Å². The zero-order valence-corrected chi connectivity index (χ0v) is 12.4. The Bertz CT molecular complexity index is 257. The summed E-state index contributed by atoms with van der Waals surface area (Å²) in [6, 6.07) is 0. The van der Waals surface area contributed by atoms with Crippen molar-refractivity contribution in [3.05, 3.63) is 0 Å². The van der Waals surface area contributed by atoms with Crippen LogP contribution in [0.1, 0.15) is 53.4 Å². The summed E-state index contributed by atoms with van der Waals surface area (Å²) in [4.78, 5) is 11.1. The fourth-order valence-electron chi connectivity index (χ4n) is 1.61. The van der Waals surface area contributed by atoms with Crippen LogP contribution >= 0.6 is 11.8 Å². The predicted octanol–water partition coefficient (Wildman–Crippen LogP) is 4.43. The minimum absolute atomic E-state index is 0.0840. The molecule has 0 aliphatic heterocycles. The number of aliphatic carboxylic acids is 1. The normalized spacial score (nSPS) is 14.6. The highest BCUT2D eigenvalue weighted by Gasteiger charge is 2.31. The zero-order valence-electron chi connectivity index (χ0n) is 11.6. The first-order valence-corrected chi connectivity index (χ1v) is 7.31. The molecule has 0 aromatic carbocycles. The van der Waals surface area contributed by atoms with Gasteiger partial charge in [-0.2, -0.15) is 0 Å². The van der Waals surface area contributed by atoms with Crippen LogP contribution in [0.4, 0.5) is 8.78 Å². The summed E-state index contributed by atoms with van der Waals surface area (Å²) in [5.74, 6) is -2.67. The molecule has 5 heteroatoms. The van der Waals surface area contributed by atoms with Gasteiger partial charge in [0.1, 0.15) is 5.25 Å². The van der Waals surface area contributed by atoms with E-state index in [1.165, 1.54) is 11.8 Å².